The lowest BCUT2D eigenvalue weighted by atomic mass is 9.83. The highest BCUT2D eigenvalue weighted by molar-refractivity contribution is 7.89. The minimum absolute atomic E-state index is 0.187. The zero-order valence-electron chi connectivity index (χ0n) is 13.3. The fourth-order valence-corrected chi connectivity index (χ4v) is 4.91. The molecule has 0 aromatic heterocycles. The van der Waals surface area contributed by atoms with Crippen molar-refractivity contribution in [3.63, 3.8) is 0 Å². The van der Waals surface area contributed by atoms with E-state index in [0.717, 1.165) is 19.3 Å². The van der Waals surface area contributed by atoms with Crippen LogP contribution in [0.5, 0.6) is 0 Å². The maximum absolute atomic E-state index is 13.4. The van der Waals surface area contributed by atoms with E-state index in [1.165, 1.54) is 22.5 Å². The van der Waals surface area contributed by atoms with Gasteiger partial charge in [0.05, 0.1) is 4.90 Å². The van der Waals surface area contributed by atoms with E-state index in [0.29, 0.717) is 30.5 Å². The molecule has 3 rings (SSSR count). The molecule has 1 saturated heterocycles. The largest absolute Gasteiger partial charge is 0.243 e. The van der Waals surface area contributed by atoms with E-state index in [-0.39, 0.29) is 10.7 Å². The highest BCUT2D eigenvalue weighted by atomic mass is 32.2. The van der Waals surface area contributed by atoms with E-state index in [2.05, 4.69) is 24.3 Å². The fourth-order valence-electron chi connectivity index (χ4n) is 3.36. The second kappa shape index (κ2) is 6.57. The Kier molecular flexibility index (Phi) is 4.69. The molecule has 5 heteroatoms. The predicted molar refractivity (Wildman–Crippen MR) is 89.0 cm³/mol. The van der Waals surface area contributed by atoms with Crippen LogP contribution in [0.4, 0.5) is 4.39 Å². The Morgan fingerprint density at radius 2 is 1.78 bits per heavy atom. The molecule has 0 amide bonds. The molecule has 0 unspecified atom stereocenters. The van der Waals surface area contributed by atoms with E-state index in [1.807, 2.05) is 0 Å². The van der Waals surface area contributed by atoms with Gasteiger partial charge in [-0.25, -0.2) is 12.8 Å². The topological polar surface area (TPSA) is 37.4 Å². The number of nitrogens with zero attached hydrogens (tertiary/aromatic N) is 1. The van der Waals surface area contributed by atoms with Gasteiger partial charge in [-0.2, -0.15) is 4.31 Å². The van der Waals surface area contributed by atoms with Crippen LogP contribution in [0, 0.1) is 24.6 Å². The van der Waals surface area contributed by atoms with Crippen molar-refractivity contribution in [1.29, 1.82) is 0 Å². The van der Waals surface area contributed by atoms with E-state index >= 15 is 0 Å². The first-order valence-corrected chi connectivity index (χ1v) is 9.52. The smallest absolute Gasteiger partial charge is 0.207 e. The minimum Gasteiger partial charge on any atom is -0.207 e. The summed E-state index contributed by atoms with van der Waals surface area (Å²) in [5, 5.41) is 0. The first kappa shape index (κ1) is 16.4. The minimum atomic E-state index is -3.52. The van der Waals surface area contributed by atoms with Crippen LogP contribution < -0.4 is 0 Å². The molecular formula is C18H22FNO2S. The van der Waals surface area contributed by atoms with E-state index in [9.17, 15) is 12.8 Å². The van der Waals surface area contributed by atoms with Gasteiger partial charge in [-0.1, -0.05) is 24.3 Å². The maximum Gasteiger partial charge on any atom is 0.243 e. The van der Waals surface area contributed by atoms with Gasteiger partial charge in [0.1, 0.15) is 5.82 Å². The van der Waals surface area contributed by atoms with Crippen LogP contribution in [0.1, 0.15) is 24.8 Å². The summed E-state index contributed by atoms with van der Waals surface area (Å²) in [5.41, 5.74) is 0.360. The zero-order chi connectivity index (χ0) is 16.4. The summed E-state index contributed by atoms with van der Waals surface area (Å²) < 4.78 is 40.3. The molecule has 3 nitrogen and oxygen atoms in total. The lowest BCUT2D eigenvalue weighted by Crippen LogP contribution is -2.39. The number of sulfonamides is 1. The molecular weight excluding hydrogens is 313 g/mol. The zero-order valence-corrected chi connectivity index (χ0v) is 14.1. The monoisotopic (exact) mass is 335 g/mol. The molecule has 0 atom stereocenters. The number of allylic oxidation sites excluding steroid dienone is 4. The van der Waals surface area contributed by atoms with Gasteiger partial charge in [-0.15, -0.1) is 0 Å². The van der Waals surface area contributed by atoms with Crippen LogP contribution >= 0.6 is 0 Å². The number of rotatable bonds is 3. The molecule has 0 bridgehead atoms. The van der Waals surface area contributed by atoms with Crippen LogP contribution in [-0.4, -0.2) is 25.8 Å². The van der Waals surface area contributed by atoms with E-state index in [4.69, 9.17) is 0 Å². The summed E-state index contributed by atoms with van der Waals surface area (Å²) in [7, 11) is -3.52. The first-order valence-electron chi connectivity index (χ1n) is 8.08. The molecule has 1 heterocycles. The third-order valence-corrected chi connectivity index (χ3v) is 6.69. The molecule has 1 aromatic rings. The standard InChI is InChI=1S/C18H22FNO2S/c1-14-13-17(7-8-18(14)19)23(21,22)20-11-9-16(10-12-20)15-5-3-2-4-6-15/h3-8,13,15-16H,2,9-12H2,1H3. The van der Waals surface area contributed by atoms with Crippen molar-refractivity contribution in [2.75, 3.05) is 13.1 Å². The molecule has 124 valence electrons. The highest BCUT2D eigenvalue weighted by Gasteiger charge is 2.31. The van der Waals surface area contributed by atoms with Crippen LogP contribution in [-0.2, 0) is 10.0 Å². The van der Waals surface area contributed by atoms with Crippen molar-refractivity contribution in [2.45, 2.75) is 31.1 Å². The quantitative estimate of drug-likeness (QED) is 0.791. The number of piperidine rings is 1. The Morgan fingerprint density at radius 1 is 1.13 bits per heavy atom. The Hall–Kier alpha value is -1.46. The van der Waals surface area contributed by atoms with Gasteiger partial charge in [0, 0.05) is 13.1 Å². The summed E-state index contributed by atoms with van der Waals surface area (Å²) in [6.45, 7) is 2.64. The Bertz CT molecular complexity index is 719. The summed E-state index contributed by atoms with van der Waals surface area (Å²) in [5.74, 6) is 0.560. The molecule has 1 aliphatic carbocycles. The van der Waals surface area contributed by atoms with Crippen LogP contribution in [0.2, 0.25) is 0 Å². The normalized spacial score (nSPS) is 21.0. The van der Waals surface area contributed by atoms with E-state index < -0.39 is 10.0 Å². The van der Waals surface area contributed by atoms with Crippen molar-refractivity contribution in [3.8, 4) is 0 Å². The third kappa shape index (κ3) is 3.40. The lowest BCUT2D eigenvalue weighted by Gasteiger charge is -2.34. The van der Waals surface area contributed by atoms with Gasteiger partial charge < -0.3 is 0 Å². The summed E-state index contributed by atoms with van der Waals surface area (Å²) in [6, 6.07) is 4.01. The molecule has 2 aliphatic rings. The first-order chi connectivity index (χ1) is 11.0. The molecule has 1 aromatic carbocycles. The summed E-state index contributed by atoms with van der Waals surface area (Å²) >= 11 is 0. The average molecular weight is 335 g/mol. The Labute approximate surface area is 137 Å². The Morgan fingerprint density at radius 3 is 2.39 bits per heavy atom. The molecule has 1 fully saturated rings. The number of halogens is 1. The molecule has 0 spiro atoms. The molecule has 0 radical (unpaired) electrons. The summed E-state index contributed by atoms with van der Waals surface area (Å²) in [6.07, 6.45) is 11.5. The third-order valence-electron chi connectivity index (χ3n) is 4.80. The molecule has 1 aliphatic heterocycles. The van der Waals surface area contributed by atoms with Crippen molar-refractivity contribution in [2.24, 2.45) is 11.8 Å². The van der Waals surface area contributed by atoms with Crippen molar-refractivity contribution in [3.05, 3.63) is 53.9 Å². The summed E-state index contributed by atoms with van der Waals surface area (Å²) in [4.78, 5) is 0.187. The van der Waals surface area contributed by atoms with Crippen LogP contribution in [0.15, 0.2) is 47.4 Å². The number of benzene rings is 1. The number of hydrogen-bond donors (Lipinski definition) is 0. The van der Waals surface area contributed by atoms with Gasteiger partial charge in [-0.05, 0) is 61.8 Å². The average Bonchev–Trinajstić information content (AvgIpc) is 2.58. The molecule has 0 N–H and O–H groups in total. The van der Waals surface area contributed by atoms with E-state index in [1.54, 1.807) is 6.92 Å². The van der Waals surface area contributed by atoms with Crippen molar-refractivity contribution in [1.82, 2.24) is 4.31 Å². The SMILES string of the molecule is Cc1cc(S(=O)(=O)N2CCC(C3C=CCC=C3)CC2)ccc1F. The van der Waals surface area contributed by atoms with Gasteiger partial charge in [-0.3, -0.25) is 0 Å². The highest BCUT2D eigenvalue weighted by Crippen LogP contribution is 2.31. The second-order valence-corrected chi connectivity index (χ2v) is 8.26. The van der Waals surface area contributed by atoms with Crippen molar-refractivity contribution < 1.29 is 12.8 Å². The fraction of sp³-hybridized carbons (Fsp3) is 0.444. The predicted octanol–water partition coefficient (Wildman–Crippen LogP) is 3.67. The maximum atomic E-state index is 13.4. The molecule has 23 heavy (non-hydrogen) atoms. The number of hydrogen-bond acceptors (Lipinski definition) is 2. The van der Waals surface area contributed by atoms with Gasteiger partial charge in [0.15, 0.2) is 0 Å². The van der Waals surface area contributed by atoms with Crippen molar-refractivity contribution >= 4 is 10.0 Å². The number of aryl methyl sites for hydroxylation is 1. The van der Waals surface area contributed by atoms with Gasteiger partial charge in [0.2, 0.25) is 10.0 Å². The lowest BCUT2D eigenvalue weighted by molar-refractivity contribution is 0.250. The van der Waals surface area contributed by atoms with Gasteiger partial charge >= 0.3 is 0 Å². The second-order valence-electron chi connectivity index (χ2n) is 6.32. The molecule has 0 saturated carbocycles. The van der Waals surface area contributed by atoms with Gasteiger partial charge in [0.25, 0.3) is 0 Å². The van der Waals surface area contributed by atoms with Crippen LogP contribution in [0.25, 0.3) is 0 Å². The Balaban J connectivity index is 1.70. The van der Waals surface area contributed by atoms with Crippen LogP contribution in [0.3, 0.4) is 0 Å².